The van der Waals surface area contributed by atoms with Crippen LogP contribution < -0.4 is 15.8 Å². The Kier molecular flexibility index (Phi) is 4.24. The van der Waals surface area contributed by atoms with Gasteiger partial charge in [-0.25, -0.2) is 4.98 Å². The summed E-state index contributed by atoms with van der Waals surface area (Å²) >= 11 is 3.37. The molecule has 0 aliphatic carbocycles. The average Bonchev–Trinajstić information content (AvgIpc) is 3.04. The molecule has 0 unspecified atom stereocenters. The van der Waals surface area contributed by atoms with Crippen LogP contribution in [-0.2, 0) is 6.54 Å². The topological polar surface area (TPSA) is 86.2 Å². The van der Waals surface area contributed by atoms with Crippen molar-refractivity contribution in [2.75, 3.05) is 11.1 Å². The Balaban J connectivity index is 1.75. The molecule has 0 saturated carbocycles. The molecule has 0 spiro atoms. The molecular weight excluding hydrogens is 348 g/mol. The Hall–Kier alpha value is -2.54. The van der Waals surface area contributed by atoms with Crippen LogP contribution in [0.1, 0.15) is 5.76 Å². The number of anilines is 2. The van der Waals surface area contributed by atoms with E-state index in [4.69, 9.17) is 14.9 Å². The maximum absolute atomic E-state index is 6.05. The molecule has 2 aromatic heterocycles. The molecule has 22 heavy (non-hydrogen) atoms. The SMILES string of the molecule is Nc1c(NCc2ccco2)ncnc1Oc1ccc(Br)cc1. The second-order valence-electron chi connectivity index (χ2n) is 4.43. The summed E-state index contributed by atoms with van der Waals surface area (Å²) in [5, 5.41) is 3.09. The van der Waals surface area contributed by atoms with Crippen LogP contribution in [0.25, 0.3) is 0 Å². The Morgan fingerprint density at radius 3 is 2.73 bits per heavy atom. The summed E-state index contributed by atoms with van der Waals surface area (Å²) in [6.45, 7) is 0.478. The van der Waals surface area contributed by atoms with Gasteiger partial charge in [0.05, 0.1) is 12.8 Å². The number of benzene rings is 1. The van der Waals surface area contributed by atoms with Gasteiger partial charge in [-0.3, -0.25) is 0 Å². The molecule has 0 aliphatic rings. The lowest BCUT2D eigenvalue weighted by Gasteiger charge is -2.11. The summed E-state index contributed by atoms with van der Waals surface area (Å²) in [6.07, 6.45) is 3.01. The van der Waals surface area contributed by atoms with E-state index in [1.807, 2.05) is 36.4 Å². The van der Waals surface area contributed by atoms with Gasteiger partial charge in [-0.1, -0.05) is 15.9 Å². The third kappa shape index (κ3) is 3.37. The number of nitrogen functional groups attached to an aromatic ring is 1. The normalized spacial score (nSPS) is 10.4. The number of hydrogen-bond acceptors (Lipinski definition) is 6. The summed E-state index contributed by atoms with van der Waals surface area (Å²) in [4.78, 5) is 8.19. The van der Waals surface area contributed by atoms with Crippen molar-refractivity contribution in [3.05, 3.63) is 59.2 Å². The van der Waals surface area contributed by atoms with E-state index in [2.05, 4.69) is 31.2 Å². The number of nitrogens with one attached hydrogen (secondary N) is 1. The van der Waals surface area contributed by atoms with Crippen molar-refractivity contribution >= 4 is 27.4 Å². The molecule has 0 atom stereocenters. The van der Waals surface area contributed by atoms with Crippen molar-refractivity contribution in [3.63, 3.8) is 0 Å². The van der Waals surface area contributed by atoms with Crippen LogP contribution in [0.15, 0.2) is 57.9 Å². The van der Waals surface area contributed by atoms with Crippen LogP contribution >= 0.6 is 15.9 Å². The first kappa shape index (κ1) is 14.4. The number of ether oxygens (including phenoxy) is 1. The summed E-state index contributed by atoms with van der Waals surface area (Å²) in [6, 6.07) is 11.1. The quantitative estimate of drug-likeness (QED) is 0.719. The fourth-order valence-electron chi connectivity index (χ4n) is 1.80. The van der Waals surface area contributed by atoms with Gasteiger partial charge in [0.1, 0.15) is 23.5 Å². The highest BCUT2D eigenvalue weighted by molar-refractivity contribution is 9.10. The fourth-order valence-corrected chi connectivity index (χ4v) is 2.06. The summed E-state index contributed by atoms with van der Waals surface area (Å²) < 4.78 is 11.9. The molecule has 0 bridgehead atoms. The monoisotopic (exact) mass is 360 g/mol. The molecule has 0 radical (unpaired) electrons. The molecule has 0 fully saturated rings. The van der Waals surface area contributed by atoms with E-state index >= 15 is 0 Å². The van der Waals surface area contributed by atoms with Crippen LogP contribution in [0, 0.1) is 0 Å². The third-order valence-electron chi connectivity index (χ3n) is 2.89. The molecule has 1 aromatic carbocycles. The molecule has 0 aliphatic heterocycles. The van der Waals surface area contributed by atoms with E-state index in [1.54, 1.807) is 6.26 Å². The smallest absolute Gasteiger partial charge is 0.248 e. The number of halogens is 1. The minimum atomic E-state index is 0.305. The highest BCUT2D eigenvalue weighted by atomic mass is 79.9. The zero-order valence-electron chi connectivity index (χ0n) is 11.5. The Bertz CT molecular complexity index is 745. The largest absolute Gasteiger partial charge is 0.467 e. The van der Waals surface area contributed by atoms with Crippen LogP contribution in [0.3, 0.4) is 0 Å². The first-order chi connectivity index (χ1) is 10.7. The summed E-state index contributed by atoms with van der Waals surface area (Å²) in [5.41, 5.74) is 6.39. The van der Waals surface area contributed by atoms with Gasteiger partial charge < -0.3 is 20.2 Å². The van der Waals surface area contributed by atoms with Crippen molar-refractivity contribution in [2.24, 2.45) is 0 Å². The lowest BCUT2D eigenvalue weighted by Crippen LogP contribution is -2.06. The van der Waals surface area contributed by atoms with Gasteiger partial charge in [0.25, 0.3) is 0 Å². The van der Waals surface area contributed by atoms with Gasteiger partial charge in [0.2, 0.25) is 5.88 Å². The van der Waals surface area contributed by atoms with E-state index in [0.29, 0.717) is 29.7 Å². The fraction of sp³-hybridized carbons (Fsp3) is 0.0667. The molecule has 3 rings (SSSR count). The maximum Gasteiger partial charge on any atom is 0.248 e. The first-order valence-corrected chi connectivity index (χ1v) is 7.32. The Morgan fingerprint density at radius 1 is 1.18 bits per heavy atom. The Labute approximate surface area is 135 Å². The molecule has 3 N–H and O–H groups in total. The zero-order chi connectivity index (χ0) is 15.4. The molecule has 7 heteroatoms. The van der Waals surface area contributed by atoms with Crippen molar-refractivity contribution < 1.29 is 9.15 Å². The highest BCUT2D eigenvalue weighted by Gasteiger charge is 2.10. The van der Waals surface area contributed by atoms with E-state index < -0.39 is 0 Å². The molecule has 0 amide bonds. The molecule has 112 valence electrons. The van der Waals surface area contributed by atoms with Crippen LogP contribution in [0.4, 0.5) is 11.5 Å². The van der Waals surface area contributed by atoms with Crippen molar-refractivity contribution in [1.82, 2.24) is 9.97 Å². The van der Waals surface area contributed by atoms with Crippen LogP contribution in [0.5, 0.6) is 11.6 Å². The maximum atomic E-state index is 6.05. The van der Waals surface area contributed by atoms with Crippen molar-refractivity contribution in [1.29, 1.82) is 0 Å². The average molecular weight is 361 g/mol. The number of furan rings is 1. The van der Waals surface area contributed by atoms with Gasteiger partial charge in [-0.15, -0.1) is 0 Å². The minimum absolute atomic E-state index is 0.305. The van der Waals surface area contributed by atoms with E-state index in [9.17, 15) is 0 Å². The van der Waals surface area contributed by atoms with Crippen LogP contribution in [-0.4, -0.2) is 9.97 Å². The van der Waals surface area contributed by atoms with Gasteiger partial charge in [-0.05, 0) is 36.4 Å². The van der Waals surface area contributed by atoms with Crippen LogP contribution in [0.2, 0.25) is 0 Å². The van der Waals surface area contributed by atoms with Gasteiger partial charge in [0, 0.05) is 4.47 Å². The lowest BCUT2D eigenvalue weighted by atomic mass is 10.3. The van der Waals surface area contributed by atoms with Crippen molar-refractivity contribution in [2.45, 2.75) is 6.54 Å². The van der Waals surface area contributed by atoms with Gasteiger partial charge >= 0.3 is 0 Å². The number of nitrogens with two attached hydrogens (primary N) is 1. The number of rotatable bonds is 5. The zero-order valence-corrected chi connectivity index (χ0v) is 13.1. The molecule has 6 nitrogen and oxygen atoms in total. The number of aromatic nitrogens is 2. The highest BCUT2D eigenvalue weighted by Crippen LogP contribution is 2.29. The van der Waals surface area contributed by atoms with E-state index in [0.717, 1.165) is 10.2 Å². The predicted molar refractivity (Wildman–Crippen MR) is 86.7 cm³/mol. The van der Waals surface area contributed by atoms with Crippen molar-refractivity contribution in [3.8, 4) is 11.6 Å². The predicted octanol–water partition coefficient (Wildman–Crippen LogP) is 3.82. The molecule has 0 saturated heterocycles. The lowest BCUT2D eigenvalue weighted by molar-refractivity contribution is 0.464. The molecular formula is C15H13BrN4O2. The molecule has 3 aromatic rings. The summed E-state index contributed by atoms with van der Waals surface area (Å²) in [7, 11) is 0. The second-order valence-corrected chi connectivity index (χ2v) is 5.35. The second kappa shape index (κ2) is 6.48. The Morgan fingerprint density at radius 2 is 2.00 bits per heavy atom. The standard InChI is InChI=1S/C15H13BrN4O2/c16-10-3-5-11(6-4-10)22-15-13(17)14(19-9-20-15)18-8-12-2-1-7-21-12/h1-7,9H,8,17H2,(H,18,19,20). The third-order valence-corrected chi connectivity index (χ3v) is 3.41. The van der Waals surface area contributed by atoms with E-state index in [1.165, 1.54) is 6.33 Å². The number of hydrogen-bond donors (Lipinski definition) is 2. The van der Waals surface area contributed by atoms with Gasteiger partial charge in [-0.2, -0.15) is 4.98 Å². The first-order valence-electron chi connectivity index (χ1n) is 6.52. The molecule has 2 heterocycles. The minimum Gasteiger partial charge on any atom is -0.467 e. The summed E-state index contributed by atoms with van der Waals surface area (Å²) in [5.74, 6) is 2.23. The van der Waals surface area contributed by atoms with E-state index in [-0.39, 0.29) is 0 Å². The number of nitrogens with zero attached hydrogens (tertiary/aromatic N) is 2. The van der Waals surface area contributed by atoms with Gasteiger partial charge in [0.15, 0.2) is 5.82 Å².